The fourth-order valence-electron chi connectivity index (χ4n) is 4.01. The zero-order valence-corrected chi connectivity index (χ0v) is 19.7. The van der Waals surface area contributed by atoms with E-state index in [0.717, 1.165) is 16.7 Å². The van der Waals surface area contributed by atoms with E-state index in [4.69, 9.17) is 18.9 Å². The van der Waals surface area contributed by atoms with Crippen molar-refractivity contribution in [3.8, 4) is 22.6 Å². The molecule has 6 heteroatoms. The molecule has 1 heterocycles. The van der Waals surface area contributed by atoms with Crippen LogP contribution in [0.15, 0.2) is 78.9 Å². The standard InChI is InChI=1S/C28H32O6/c1-18(2)21-10-7-11-23(16-21)33-27-26(30)25(29)24(34-28(27)31-3)17-32-22-14-12-20(13-15-22)19-8-5-4-6-9-19/h4-16,18,24-30H,17H2,1-3H3/t24-,25-,26+,27-,28-/m1/s1. The lowest BCUT2D eigenvalue weighted by molar-refractivity contribution is -0.287. The quantitative estimate of drug-likeness (QED) is 0.515. The van der Waals surface area contributed by atoms with Crippen LogP contribution in [-0.2, 0) is 9.47 Å². The van der Waals surface area contributed by atoms with Crippen LogP contribution in [0.25, 0.3) is 11.1 Å². The van der Waals surface area contributed by atoms with E-state index in [2.05, 4.69) is 13.8 Å². The number of ether oxygens (including phenoxy) is 4. The maximum absolute atomic E-state index is 10.8. The molecule has 0 saturated carbocycles. The molecule has 0 radical (unpaired) electrons. The zero-order chi connectivity index (χ0) is 24.1. The summed E-state index contributed by atoms with van der Waals surface area (Å²) in [5, 5.41) is 21.5. The Balaban J connectivity index is 1.39. The van der Waals surface area contributed by atoms with Gasteiger partial charge in [-0.3, -0.25) is 0 Å². The molecule has 0 unspecified atom stereocenters. The van der Waals surface area contributed by atoms with Crippen LogP contribution in [-0.4, -0.2) is 54.6 Å². The van der Waals surface area contributed by atoms with Gasteiger partial charge in [-0.15, -0.1) is 0 Å². The fourth-order valence-corrected chi connectivity index (χ4v) is 4.01. The molecule has 3 aromatic rings. The molecule has 0 aliphatic carbocycles. The highest BCUT2D eigenvalue weighted by atomic mass is 16.7. The minimum atomic E-state index is -1.21. The first-order chi connectivity index (χ1) is 16.5. The van der Waals surface area contributed by atoms with Crippen molar-refractivity contribution >= 4 is 0 Å². The molecule has 3 aromatic carbocycles. The van der Waals surface area contributed by atoms with Gasteiger partial charge in [0, 0.05) is 7.11 Å². The first-order valence-electron chi connectivity index (χ1n) is 11.6. The first kappa shape index (κ1) is 24.2. The number of methoxy groups -OCH3 is 1. The highest BCUT2D eigenvalue weighted by Crippen LogP contribution is 2.29. The lowest BCUT2D eigenvalue weighted by atomic mass is 9.98. The molecule has 180 valence electrons. The largest absolute Gasteiger partial charge is 0.491 e. The molecular weight excluding hydrogens is 432 g/mol. The number of aliphatic hydroxyl groups excluding tert-OH is 2. The molecule has 0 bridgehead atoms. The lowest BCUT2D eigenvalue weighted by Crippen LogP contribution is -2.61. The number of hydrogen-bond acceptors (Lipinski definition) is 6. The molecule has 6 nitrogen and oxygen atoms in total. The van der Waals surface area contributed by atoms with Gasteiger partial charge in [0.25, 0.3) is 0 Å². The third kappa shape index (κ3) is 5.59. The van der Waals surface area contributed by atoms with Crippen LogP contribution in [0.5, 0.6) is 11.5 Å². The summed E-state index contributed by atoms with van der Waals surface area (Å²) < 4.78 is 23.2. The lowest BCUT2D eigenvalue weighted by Gasteiger charge is -2.41. The Morgan fingerprint density at radius 2 is 1.53 bits per heavy atom. The van der Waals surface area contributed by atoms with Crippen molar-refractivity contribution < 1.29 is 29.2 Å². The topological polar surface area (TPSA) is 77.4 Å². The summed E-state index contributed by atoms with van der Waals surface area (Å²) >= 11 is 0. The van der Waals surface area contributed by atoms with Crippen molar-refractivity contribution in [2.45, 2.75) is 50.5 Å². The summed E-state index contributed by atoms with van der Waals surface area (Å²) in [6, 6.07) is 25.4. The number of hydrogen-bond donors (Lipinski definition) is 2. The second-order valence-corrected chi connectivity index (χ2v) is 8.77. The monoisotopic (exact) mass is 464 g/mol. The van der Waals surface area contributed by atoms with Crippen LogP contribution in [0.4, 0.5) is 0 Å². The minimum absolute atomic E-state index is 0.0539. The van der Waals surface area contributed by atoms with Crippen LogP contribution < -0.4 is 9.47 Å². The van der Waals surface area contributed by atoms with Gasteiger partial charge >= 0.3 is 0 Å². The van der Waals surface area contributed by atoms with Crippen molar-refractivity contribution in [1.29, 1.82) is 0 Å². The van der Waals surface area contributed by atoms with Crippen LogP contribution in [0.3, 0.4) is 0 Å². The van der Waals surface area contributed by atoms with Gasteiger partial charge in [-0.05, 0) is 46.9 Å². The smallest absolute Gasteiger partial charge is 0.197 e. The third-order valence-corrected chi connectivity index (χ3v) is 6.05. The molecular formula is C28H32O6. The summed E-state index contributed by atoms with van der Waals surface area (Å²) in [4.78, 5) is 0. The molecule has 0 aromatic heterocycles. The third-order valence-electron chi connectivity index (χ3n) is 6.05. The fraction of sp³-hybridized carbons (Fsp3) is 0.357. The Hall–Kier alpha value is -2.90. The maximum Gasteiger partial charge on any atom is 0.197 e. The predicted molar refractivity (Wildman–Crippen MR) is 130 cm³/mol. The molecule has 5 atom stereocenters. The second-order valence-electron chi connectivity index (χ2n) is 8.77. The van der Waals surface area contributed by atoms with Gasteiger partial charge in [0.05, 0.1) is 0 Å². The highest BCUT2D eigenvalue weighted by molar-refractivity contribution is 5.63. The van der Waals surface area contributed by atoms with E-state index >= 15 is 0 Å². The van der Waals surface area contributed by atoms with E-state index in [-0.39, 0.29) is 6.61 Å². The molecule has 1 aliphatic heterocycles. The van der Waals surface area contributed by atoms with E-state index in [1.54, 1.807) is 0 Å². The molecule has 2 N–H and O–H groups in total. The highest BCUT2D eigenvalue weighted by Gasteiger charge is 2.46. The zero-order valence-electron chi connectivity index (χ0n) is 19.7. The summed E-state index contributed by atoms with van der Waals surface area (Å²) in [5.41, 5.74) is 3.32. The Morgan fingerprint density at radius 3 is 2.21 bits per heavy atom. The summed E-state index contributed by atoms with van der Waals surface area (Å²) in [5.74, 6) is 1.56. The summed E-state index contributed by atoms with van der Waals surface area (Å²) in [7, 11) is 1.48. The van der Waals surface area contributed by atoms with Crippen molar-refractivity contribution in [2.24, 2.45) is 0 Å². The molecule has 4 rings (SSSR count). The van der Waals surface area contributed by atoms with Crippen molar-refractivity contribution in [3.05, 3.63) is 84.4 Å². The van der Waals surface area contributed by atoms with Crippen LogP contribution in [0.1, 0.15) is 25.3 Å². The molecule has 34 heavy (non-hydrogen) atoms. The maximum atomic E-state index is 10.8. The van der Waals surface area contributed by atoms with E-state index in [9.17, 15) is 10.2 Å². The Kier molecular flexibility index (Phi) is 7.85. The second kappa shape index (κ2) is 11.0. The predicted octanol–water partition coefficient (Wildman–Crippen LogP) is 4.40. The molecule has 1 aliphatic rings. The van der Waals surface area contributed by atoms with E-state index < -0.39 is 30.7 Å². The average molecular weight is 465 g/mol. The Labute approximate surface area is 200 Å². The van der Waals surface area contributed by atoms with Gasteiger partial charge in [-0.25, -0.2) is 0 Å². The molecule has 1 saturated heterocycles. The summed E-state index contributed by atoms with van der Waals surface area (Å²) in [6.45, 7) is 4.25. The normalized spacial score (nSPS) is 24.7. The molecule has 0 spiro atoms. The van der Waals surface area contributed by atoms with Gasteiger partial charge < -0.3 is 29.2 Å². The van der Waals surface area contributed by atoms with Crippen molar-refractivity contribution in [1.82, 2.24) is 0 Å². The minimum Gasteiger partial charge on any atom is -0.491 e. The number of benzene rings is 3. The Bertz CT molecular complexity index is 1030. The first-order valence-corrected chi connectivity index (χ1v) is 11.6. The van der Waals surface area contributed by atoms with Crippen molar-refractivity contribution in [3.63, 3.8) is 0 Å². The van der Waals surface area contributed by atoms with Crippen LogP contribution in [0, 0.1) is 0 Å². The SMILES string of the molecule is CO[C@@H]1O[C@H](COc2ccc(-c3ccccc3)cc2)[C@@H](O)[C@H](O)[C@H]1Oc1cccc(C(C)C)c1. The number of aliphatic hydroxyl groups is 2. The molecule has 1 fully saturated rings. The number of rotatable bonds is 8. The van der Waals surface area contributed by atoms with Gasteiger partial charge in [0.15, 0.2) is 12.4 Å². The van der Waals surface area contributed by atoms with Crippen LogP contribution in [0.2, 0.25) is 0 Å². The van der Waals surface area contributed by atoms with Gasteiger partial charge in [-0.2, -0.15) is 0 Å². The van der Waals surface area contributed by atoms with E-state index in [1.807, 2.05) is 78.9 Å². The van der Waals surface area contributed by atoms with E-state index in [1.165, 1.54) is 7.11 Å². The van der Waals surface area contributed by atoms with E-state index in [0.29, 0.717) is 17.4 Å². The van der Waals surface area contributed by atoms with Gasteiger partial charge in [0.2, 0.25) is 0 Å². The van der Waals surface area contributed by atoms with Gasteiger partial charge in [0.1, 0.15) is 36.4 Å². The Morgan fingerprint density at radius 1 is 0.824 bits per heavy atom. The molecule has 0 amide bonds. The van der Waals surface area contributed by atoms with Gasteiger partial charge in [-0.1, -0.05) is 68.4 Å². The average Bonchev–Trinajstić information content (AvgIpc) is 2.87. The van der Waals surface area contributed by atoms with Crippen molar-refractivity contribution in [2.75, 3.05) is 13.7 Å². The van der Waals surface area contributed by atoms with Crippen LogP contribution >= 0.6 is 0 Å². The summed E-state index contributed by atoms with van der Waals surface area (Å²) in [6.07, 6.45) is -4.95.